The lowest BCUT2D eigenvalue weighted by atomic mass is 9.99. The summed E-state index contributed by atoms with van der Waals surface area (Å²) in [4.78, 5) is 40.2. The number of halogens is 3. The van der Waals surface area contributed by atoms with Crippen LogP contribution >= 0.6 is 0 Å². The van der Waals surface area contributed by atoms with Crippen molar-refractivity contribution in [1.82, 2.24) is 20.4 Å². The maximum atomic E-state index is 13.3. The van der Waals surface area contributed by atoms with E-state index in [1.807, 2.05) is 0 Å². The number of rotatable bonds is 12. The highest BCUT2D eigenvalue weighted by Gasteiger charge is 2.34. The predicted octanol–water partition coefficient (Wildman–Crippen LogP) is 0.269. The number of nitrogens with zero attached hydrogens (tertiary/aromatic N) is 3. The maximum absolute atomic E-state index is 13.3. The Hall–Kier alpha value is -4.18. The summed E-state index contributed by atoms with van der Waals surface area (Å²) in [6.45, 7) is 0.697. The number of amides is 3. The van der Waals surface area contributed by atoms with Crippen LogP contribution in [0.3, 0.4) is 0 Å². The third-order valence-electron chi connectivity index (χ3n) is 6.10. The number of hydrogen-bond acceptors (Lipinski definition) is 9. The van der Waals surface area contributed by atoms with Gasteiger partial charge in [-0.25, -0.2) is 0 Å². The summed E-state index contributed by atoms with van der Waals surface area (Å²) >= 11 is 0. The van der Waals surface area contributed by atoms with Gasteiger partial charge in [-0.15, -0.1) is 10.2 Å². The molecule has 0 aliphatic carbocycles. The molecule has 9 N–H and O–H groups in total. The third kappa shape index (κ3) is 8.40. The van der Waals surface area contributed by atoms with Crippen molar-refractivity contribution in [3.8, 4) is 0 Å². The number of carbonyl (C=O) groups excluding carboxylic acids is 3. The van der Waals surface area contributed by atoms with Crippen LogP contribution in [-0.4, -0.2) is 76.2 Å². The van der Waals surface area contributed by atoms with E-state index in [1.165, 1.54) is 11.0 Å². The van der Waals surface area contributed by atoms with Gasteiger partial charge in [0.15, 0.2) is 5.82 Å². The van der Waals surface area contributed by atoms with E-state index in [0.717, 1.165) is 24.3 Å². The van der Waals surface area contributed by atoms with Gasteiger partial charge in [0.2, 0.25) is 11.8 Å². The Morgan fingerprint density at radius 2 is 1.59 bits per heavy atom. The SMILES string of the molecule is NCCN(CCN)C(=O)C[C@H](N)C(=O)N[C@H](C(=O)Nc1cc2ccccc2nn1)[C@H](O)c1ccc(C(F)(F)F)cc1. The van der Waals surface area contributed by atoms with E-state index >= 15 is 0 Å². The number of carbonyl (C=O) groups is 3. The monoisotopic (exact) mass is 576 g/mol. The molecule has 0 fully saturated rings. The molecule has 15 heteroatoms. The number of anilines is 1. The predicted molar refractivity (Wildman–Crippen MR) is 144 cm³/mol. The summed E-state index contributed by atoms with van der Waals surface area (Å²) in [5.74, 6) is -2.43. The molecule has 0 spiro atoms. The Kier molecular flexibility index (Phi) is 10.7. The van der Waals surface area contributed by atoms with Gasteiger partial charge in [0.1, 0.15) is 12.1 Å². The molecule has 3 rings (SSSR count). The van der Waals surface area contributed by atoms with Crippen LogP contribution in [0, 0.1) is 0 Å². The molecule has 0 radical (unpaired) electrons. The van der Waals surface area contributed by atoms with E-state index in [4.69, 9.17) is 17.2 Å². The zero-order valence-corrected chi connectivity index (χ0v) is 21.8. The van der Waals surface area contributed by atoms with Crippen molar-refractivity contribution in [2.45, 2.75) is 30.8 Å². The fourth-order valence-corrected chi connectivity index (χ4v) is 3.94. The number of fused-ring (bicyclic) bond motifs is 1. The molecule has 0 saturated carbocycles. The van der Waals surface area contributed by atoms with E-state index in [-0.39, 0.29) is 37.6 Å². The molecule has 3 amide bonds. The van der Waals surface area contributed by atoms with E-state index in [9.17, 15) is 32.7 Å². The van der Waals surface area contributed by atoms with Gasteiger partial charge in [-0.2, -0.15) is 13.2 Å². The number of nitrogens with two attached hydrogens (primary N) is 3. The first-order valence-corrected chi connectivity index (χ1v) is 12.6. The highest BCUT2D eigenvalue weighted by atomic mass is 19.4. The van der Waals surface area contributed by atoms with Crippen LogP contribution in [0.15, 0.2) is 54.6 Å². The second kappa shape index (κ2) is 13.9. The molecule has 3 atom stereocenters. The van der Waals surface area contributed by atoms with Gasteiger partial charge in [0.25, 0.3) is 5.91 Å². The zero-order chi connectivity index (χ0) is 30.2. The molecule has 1 heterocycles. The van der Waals surface area contributed by atoms with E-state index < -0.39 is 54.1 Å². The van der Waals surface area contributed by atoms with Crippen LogP contribution in [0.4, 0.5) is 19.0 Å². The lowest BCUT2D eigenvalue weighted by Crippen LogP contribution is -2.53. The number of alkyl halides is 3. The lowest BCUT2D eigenvalue weighted by molar-refractivity contribution is -0.137. The fraction of sp³-hybridized carbons (Fsp3) is 0.346. The number of hydrogen-bond donors (Lipinski definition) is 6. The fourth-order valence-electron chi connectivity index (χ4n) is 3.94. The van der Waals surface area contributed by atoms with Crippen LogP contribution < -0.4 is 27.8 Å². The number of aliphatic hydroxyl groups excluding tert-OH is 1. The summed E-state index contributed by atoms with van der Waals surface area (Å²) in [7, 11) is 0. The minimum absolute atomic E-state index is 0.00810. The molecule has 0 aliphatic heterocycles. The zero-order valence-electron chi connectivity index (χ0n) is 21.8. The smallest absolute Gasteiger partial charge is 0.386 e. The van der Waals surface area contributed by atoms with E-state index in [1.54, 1.807) is 24.3 Å². The largest absolute Gasteiger partial charge is 0.416 e. The summed E-state index contributed by atoms with van der Waals surface area (Å²) in [5.41, 5.74) is 16.5. The number of nitrogens with one attached hydrogen (secondary N) is 2. The van der Waals surface area contributed by atoms with Gasteiger partial charge in [-0.3, -0.25) is 14.4 Å². The van der Waals surface area contributed by atoms with Gasteiger partial charge in [-0.05, 0) is 29.8 Å². The Morgan fingerprint density at radius 1 is 0.951 bits per heavy atom. The molecule has 0 saturated heterocycles. The van der Waals surface area contributed by atoms with Crippen molar-refractivity contribution in [2.24, 2.45) is 17.2 Å². The molecule has 3 aromatic rings. The second-order valence-corrected chi connectivity index (χ2v) is 9.10. The third-order valence-corrected chi connectivity index (χ3v) is 6.10. The molecule has 12 nitrogen and oxygen atoms in total. The van der Waals surface area contributed by atoms with Gasteiger partial charge >= 0.3 is 6.18 Å². The average Bonchev–Trinajstić information content (AvgIpc) is 2.94. The van der Waals surface area contributed by atoms with Gasteiger partial charge in [0.05, 0.1) is 23.5 Å². The molecular weight excluding hydrogens is 545 g/mol. The first kappa shape index (κ1) is 31.3. The standard InChI is InChI=1S/C26H31F3N8O4/c27-26(28,29)17-7-5-15(6-8-17)23(39)22(25(41)33-20-13-16-3-1-2-4-19(16)35-36-20)34-24(40)18(32)14-21(38)37(11-9-30)12-10-31/h1-8,13,18,22-23,39H,9-12,14,30-32H2,(H,34,40)(H,33,36,41)/t18-,22-,23+/m0/s1. The molecule has 41 heavy (non-hydrogen) atoms. The van der Waals surface area contributed by atoms with Crippen LogP contribution in [0.2, 0.25) is 0 Å². The summed E-state index contributed by atoms with van der Waals surface area (Å²) in [6.07, 6.45) is -6.87. The maximum Gasteiger partial charge on any atom is 0.416 e. The van der Waals surface area contributed by atoms with Gasteiger partial charge in [0, 0.05) is 31.6 Å². The molecule has 0 bridgehead atoms. The summed E-state index contributed by atoms with van der Waals surface area (Å²) < 4.78 is 39.1. The molecule has 220 valence electrons. The quantitative estimate of drug-likeness (QED) is 0.175. The van der Waals surface area contributed by atoms with Crippen LogP contribution in [-0.2, 0) is 20.6 Å². The minimum atomic E-state index is -4.62. The average molecular weight is 577 g/mol. The van der Waals surface area contributed by atoms with Crippen molar-refractivity contribution >= 4 is 34.4 Å². The number of benzene rings is 2. The van der Waals surface area contributed by atoms with Crippen LogP contribution in [0.25, 0.3) is 10.9 Å². The number of aliphatic hydroxyl groups is 1. The van der Waals surface area contributed by atoms with Crippen molar-refractivity contribution in [1.29, 1.82) is 0 Å². The minimum Gasteiger partial charge on any atom is -0.386 e. The van der Waals surface area contributed by atoms with Crippen LogP contribution in [0.1, 0.15) is 23.7 Å². The second-order valence-electron chi connectivity index (χ2n) is 9.10. The van der Waals surface area contributed by atoms with E-state index in [0.29, 0.717) is 10.9 Å². The highest BCUT2D eigenvalue weighted by molar-refractivity contribution is 5.99. The first-order chi connectivity index (χ1) is 19.4. The summed E-state index contributed by atoms with van der Waals surface area (Å²) in [6, 6.07) is 8.70. The molecule has 0 aliphatic rings. The Balaban J connectivity index is 1.83. The Bertz CT molecular complexity index is 1350. The lowest BCUT2D eigenvalue weighted by Gasteiger charge is -2.26. The van der Waals surface area contributed by atoms with Gasteiger partial charge < -0.3 is 37.8 Å². The topological polar surface area (TPSA) is 203 Å². The highest BCUT2D eigenvalue weighted by Crippen LogP contribution is 2.30. The van der Waals surface area contributed by atoms with Gasteiger partial charge in [-0.1, -0.05) is 30.3 Å². The van der Waals surface area contributed by atoms with Crippen molar-refractivity contribution in [3.05, 3.63) is 65.7 Å². The normalized spacial score (nSPS) is 13.7. The Labute approximate surface area is 233 Å². The molecule has 1 aromatic heterocycles. The molecule has 2 aromatic carbocycles. The number of aromatic nitrogens is 2. The first-order valence-electron chi connectivity index (χ1n) is 12.6. The van der Waals surface area contributed by atoms with Crippen molar-refractivity contribution in [3.63, 3.8) is 0 Å². The van der Waals surface area contributed by atoms with Crippen molar-refractivity contribution in [2.75, 3.05) is 31.5 Å². The van der Waals surface area contributed by atoms with Crippen LogP contribution in [0.5, 0.6) is 0 Å². The Morgan fingerprint density at radius 3 is 2.20 bits per heavy atom. The molecular formula is C26H31F3N8O4. The van der Waals surface area contributed by atoms with E-state index in [2.05, 4.69) is 20.8 Å². The summed E-state index contributed by atoms with van der Waals surface area (Å²) in [5, 5.41) is 24.3. The van der Waals surface area contributed by atoms with Crippen molar-refractivity contribution < 1.29 is 32.7 Å². The molecule has 0 unspecified atom stereocenters.